The Bertz CT molecular complexity index is 1150. The maximum Gasteiger partial charge on any atom is 0.255 e. The molecule has 29 heavy (non-hydrogen) atoms. The molecule has 1 amide bonds. The summed E-state index contributed by atoms with van der Waals surface area (Å²) in [6.07, 6.45) is 2.74. The molecule has 2 aromatic carbocycles. The van der Waals surface area contributed by atoms with Crippen molar-refractivity contribution in [3.63, 3.8) is 0 Å². The summed E-state index contributed by atoms with van der Waals surface area (Å²) in [6.45, 7) is 2.93. The number of carbonyl (C=O) groups is 1. The second kappa shape index (κ2) is 8.14. The number of nitrogens with one attached hydrogen (secondary N) is 1. The molecular formula is C23H22N4O2. The van der Waals surface area contributed by atoms with Crippen LogP contribution in [0, 0.1) is 0 Å². The number of aryl methyl sites for hydroxylation is 1. The molecule has 0 aliphatic heterocycles. The smallest absolute Gasteiger partial charge is 0.255 e. The summed E-state index contributed by atoms with van der Waals surface area (Å²) >= 11 is 0. The van der Waals surface area contributed by atoms with Crippen molar-refractivity contribution in [1.29, 1.82) is 0 Å². The van der Waals surface area contributed by atoms with Crippen LogP contribution < -0.4 is 10.1 Å². The highest BCUT2D eigenvalue weighted by Gasteiger charge is 2.15. The molecule has 0 saturated heterocycles. The standard InChI is InChI=1S/C23H22N4O2/c1-3-14-27-21(26-20-8-5-13-24-22(20)27)16-6-4-7-17(15-16)23(28)25-18-9-11-19(29-2)12-10-18/h4-13,15H,3,14H2,1-2H3,(H,25,28). The third-order valence-electron chi connectivity index (χ3n) is 4.68. The maximum atomic E-state index is 12.8. The van der Waals surface area contributed by atoms with E-state index in [1.807, 2.05) is 54.6 Å². The average Bonchev–Trinajstić information content (AvgIpc) is 3.13. The van der Waals surface area contributed by atoms with E-state index in [0.717, 1.165) is 41.3 Å². The zero-order chi connectivity index (χ0) is 20.2. The molecule has 6 nitrogen and oxygen atoms in total. The van der Waals surface area contributed by atoms with Gasteiger partial charge in [-0.1, -0.05) is 19.1 Å². The molecule has 0 fully saturated rings. The van der Waals surface area contributed by atoms with Crippen LogP contribution in [0.25, 0.3) is 22.6 Å². The lowest BCUT2D eigenvalue weighted by molar-refractivity contribution is 0.102. The van der Waals surface area contributed by atoms with E-state index >= 15 is 0 Å². The molecule has 0 aliphatic carbocycles. The maximum absolute atomic E-state index is 12.8. The van der Waals surface area contributed by atoms with E-state index in [-0.39, 0.29) is 5.91 Å². The Morgan fingerprint density at radius 3 is 2.69 bits per heavy atom. The monoisotopic (exact) mass is 386 g/mol. The molecule has 0 unspecified atom stereocenters. The highest BCUT2D eigenvalue weighted by molar-refractivity contribution is 6.05. The molecule has 146 valence electrons. The van der Waals surface area contributed by atoms with Crippen LogP contribution >= 0.6 is 0 Å². The van der Waals surface area contributed by atoms with Gasteiger partial charge in [-0.25, -0.2) is 9.97 Å². The average molecular weight is 386 g/mol. The number of benzene rings is 2. The fraction of sp³-hybridized carbons (Fsp3) is 0.174. The van der Waals surface area contributed by atoms with Gasteiger partial charge in [0, 0.05) is 29.6 Å². The number of imidazole rings is 1. The van der Waals surface area contributed by atoms with Crippen LogP contribution in [0.2, 0.25) is 0 Å². The molecule has 0 radical (unpaired) electrons. The van der Waals surface area contributed by atoms with E-state index in [0.29, 0.717) is 11.3 Å². The van der Waals surface area contributed by atoms with Crippen molar-refractivity contribution in [3.8, 4) is 17.1 Å². The molecule has 2 aromatic heterocycles. The molecule has 0 spiro atoms. The zero-order valence-corrected chi connectivity index (χ0v) is 16.4. The largest absolute Gasteiger partial charge is 0.497 e. The first-order valence-electron chi connectivity index (χ1n) is 9.56. The van der Waals surface area contributed by atoms with Gasteiger partial charge in [0.25, 0.3) is 5.91 Å². The Morgan fingerprint density at radius 2 is 1.93 bits per heavy atom. The van der Waals surface area contributed by atoms with Crippen LogP contribution in [0.15, 0.2) is 66.9 Å². The van der Waals surface area contributed by atoms with Gasteiger partial charge in [-0.15, -0.1) is 0 Å². The van der Waals surface area contributed by atoms with Gasteiger partial charge in [-0.05, 0) is 55.0 Å². The van der Waals surface area contributed by atoms with E-state index in [9.17, 15) is 4.79 Å². The lowest BCUT2D eigenvalue weighted by atomic mass is 10.1. The number of hydrogen-bond acceptors (Lipinski definition) is 4. The van der Waals surface area contributed by atoms with Gasteiger partial charge in [0.05, 0.1) is 7.11 Å². The molecule has 0 saturated carbocycles. The number of anilines is 1. The number of hydrogen-bond donors (Lipinski definition) is 1. The molecule has 1 N–H and O–H groups in total. The first-order chi connectivity index (χ1) is 14.2. The van der Waals surface area contributed by atoms with Crippen LogP contribution in [0.1, 0.15) is 23.7 Å². The van der Waals surface area contributed by atoms with Gasteiger partial charge in [0.1, 0.15) is 17.1 Å². The SMILES string of the molecule is CCCn1c(-c2cccc(C(=O)Nc3ccc(OC)cc3)c2)nc2cccnc21. The molecule has 4 aromatic rings. The molecular weight excluding hydrogens is 364 g/mol. The predicted octanol–water partition coefficient (Wildman–Crippen LogP) is 4.77. The highest BCUT2D eigenvalue weighted by atomic mass is 16.5. The number of ether oxygens (including phenoxy) is 1. The van der Waals surface area contributed by atoms with E-state index in [1.165, 1.54) is 0 Å². The first-order valence-corrected chi connectivity index (χ1v) is 9.56. The van der Waals surface area contributed by atoms with Crippen LogP contribution in [0.5, 0.6) is 5.75 Å². The molecule has 0 aliphatic rings. The van der Waals surface area contributed by atoms with Gasteiger partial charge < -0.3 is 14.6 Å². The number of carbonyl (C=O) groups excluding carboxylic acids is 1. The van der Waals surface area contributed by atoms with Crippen LogP contribution in [0.3, 0.4) is 0 Å². The van der Waals surface area contributed by atoms with Gasteiger partial charge in [-0.2, -0.15) is 0 Å². The fourth-order valence-electron chi connectivity index (χ4n) is 3.29. The Hall–Kier alpha value is -3.67. The Labute approximate surface area is 169 Å². The van der Waals surface area contributed by atoms with E-state index < -0.39 is 0 Å². The van der Waals surface area contributed by atoms with Gasteiger partial charge in [0.15, 0.2) is 5.65 Å². The summed E-state index contributed by atoms with van der Waals surface area (Å²) in [5.74, 6) is 1.39. The molecule has 0 bridgehead atoms. The summed E-state index contributed by atoms with van der Waals surface area (Å²) < 4.78 is 7.26. The van der Waals surface area contributed by atoms with Crippen molar-refractivity contribution in [3.05, 3.63) is 72.4 Å². The Balaban J connectivity index is 1.65. The van der Waals surface area contributed by atoms with Crippen molar-refractivity contribution in [2.75, 3.05) is 12.4 Å². The number of fused-ring (bicyclic) bond motifs is 1. The lowest BCUT2D eigenvalue weighted by Crippen LogP contribution is -2.12. The minimum Gasteiger partial charge on any atom is -0.497 e. The number of aromatic nitrogens is 3. The van der Waals surface area contributed by atoms with Crippen molar-refractivity contribution in [1.82, 2.24) is 14.5 Å². The predicted molar refractivity (Wildman–Crippen MR) is 114 cm³/mol. The van der Waals surface area contributed by atoms with E-state index in [1.54, 1.807) is 19.4 Å². The van der Waals surface area contributed by atoms with E-state index in [4.69, 9.17) is 9.72 Å². The summed E-state index contributed by atoms with van der Waals surface area (Å²) in [5, 5.41) is 2.92. The second-order valence-corrected chi connectivity index (χ2v) is 6.70. The number of methoxy groups -OCH3 is 1. The van der Waals surface area contributed by atoms with Crippen molar-refractivity contribution in [2.24, 2.45) is 0 Å². The number of amides is 1. The molecule has 0 atom stereocenters. The molecule has 2 heterocycles. The quantitative estimate of drug-likeness (QED) is 0.518. The van der Waals surface area contributed by atoms with Crippen LogP contribution in [-0.4, -0.2) is 27.6 Å². The summed E-state index contributed by atoms with van der Waals surface area (Å²) in [7, 11) is 1.61. The van der Waals surface area contributed by atoms with Crippen LogP contribution in [0.4, 0.5) is 5.69 Å². The minimum atomic E-state index is -0.173. The van der Waals surface area contributed by atoms with Crippen molar-refractivity contribution < 1.29 is 9.53 Å². The van der Waals surface area contributed by atoms with Crippen LogP contribution in [-0.2, 0) is 6.54 Å². The number of rotatable bonds is 6. The fourth-order valence-corrected chi connectivity index (χ4v) is 3.29. The van der Waals surface area contributed by atoms with Gasteiger partial charge in [0.2, 0.25) is 0 Å². The number of nitrogens with zero attached hydrogens (tertiary/aromatic N) is 3. The summed E-state index contributed by atoms with van der Waals surface area (Å²) in [6, 6.07) is 18.6. The van der Waals surface area contributed by atoms with Gasteiger partial charge >= 0.3 is 0 Å². The summed E-state index contributed by atoms with van der Waals surface area (Å²) in [5.41, 5.74) is 3.88. The Kier molecular flexibility index (Phi) is 5.24. The summed E-state index contributed by atoms with van der Waals surface area (Å²) in [4.78, 5) is 22.0. The minimum absolute atomic E-state index is 0.173. The topological polar surface area (TPSA) is 69.0 Å². The second-order valence-electron chi connectivity index (χ2n) is 6.70. The molecule has 6 heteroatoms. The van der Waals surface area contributed by atoms with Crippen molar-refractivity contribution in [2.45, 2.75) is 19.9 Å². The number of pyridine rings is 1. The highest BCUT2D eigenvalue weighted by Crippen LogP contribution is 2.25. The van der Waals surface area contributed by atoms with Gasteiger partial charge in [-0.3, -0.25) is 4.79 Å². The Morgan fingerprint density at radius 1 is 1.10 bits per heavy atom. The third-order valence-corrected chi connectivity index (χ3v) is 4.68. The zero-order valence-electron chi connectivity index (χ0n) is 16.4. The van der Waals surface area contributed by atoms with Crippen molar-refractivity contribution >= 4 is 22.8 Å². The first kappa shape index (κ1) is 18.7. The molecule has 4 rings (SSSR count). The third kappa shape index (κ3) is 3.82. The van der Waals surface area contributed by atoms with E-state index in [2.05, 4.69) is 21.8 Å². The normalized spacial score (nSPS) is 10.8. The lowest BCUT2D eigenvalue weighted by Gasteiger charge is -2.10.